The largest absolute Gasteiger partial charge is 0.493 e. The number of aromatic nitrogens is 2. The molecule has 0 saturated carbocycles. The molecule has 0 radical (unpaired) electrons. The predicted molar refractivity (Wildman–Crippen MR) is 143 cm³/mol. The monoisotopic (exact) mass is 530 g/mol. The third-order valence-corrected chi connectivity index (χ3v) is 6.70. The molecule has 2 aromatic carbocycles. The van der Waals surface area contributed by atoms with Crippen LogP contribution in [0.1, 0.15) is 31.9 Å². The molecule has 0 atom stereocenters. The molecule has 200 valence electrons. The van der Waals surface area contributed by atoms with Crippen molar-refractivity contribution in [2.24, 2.45) is 5.92 Å². The van der Waals surface area contributed by atoms with Crippen molar-refractivity contribution in [2.75, 3.05) is 44.2 Å². The number of methoxy groups -OCH3 is 1. The van der Waals surface area contributed by atoms with Crippen LogP contribution in [0.15, 0.2) is 42.6 Å². The van der Waals surface area contributed by atoms with E-state index in [0.717, 1.165) is 0 Å². The maximum atomic E-state index is 12.9. The molecule has 3 aromatic rings. The summed E-state index contributed by atoms with van der Waals surface area (Å²) in [4.78, 5) is 8.03. The first-order valence-electron chi connectivity index (χ1n) is 11.9. The SMILES string of the molecule is CCOc1cc(Cc2cnc(N)nc2N)cc(OS(=O)(=O)CC(C)C)c1-c1ccc(OCCOC)cc1. The van der Waals surface area contributed by atoms with Crippen LogP contribution in [-0.4, -0.2) is 51.1 Å². The fourth-order valence-corrected chi connectivity index (χ4v) is 4.99. The van der Waals surface area contributed by atoms with Gasteiger partial charge in [-0.15, -0.1) is 0 Å². The van der Waals surface area contributed by atoms with Crippen LogP contribution < -0.4 is 25.1 Å². The molecule has 3 rings (SSSR count). The number of hydrogen-bond donors (Lipinski definition) is 2. The number of nitrogens with two attached hydrogens (primary N) is 2. The van der Waals surface area contributed by atoms with Crippen molar-refractivity contribution < 1.29 is 26.8 Å². The lowest BCUT2D eigenvalue weighted by Gasteiger charge is -2.19. The lowest BCUT2D eigenvalue weighted by atomic mass is 9.98. The van der Waals surface area contributed by atoms with E-state index in [9.17, 15) is 8.42 Å². The molecule has 11 heteroatoms. The molecular weight excluding hydrogens is 496 g/mol. The Labute approximate surface area is 218 Å². The van der Waals surface area contributed by atoms with Gasteiger partial charge in [-0.05, 0) is 48.2 Å². The van der Waals surface area contributed by atoms with E-state index in [1.165, 1.54) is 0 Å². The number of anilines is 2. The number of benzene rings is 2. The third kappa shape index (κ3) is 7.96. The standard InChI is InChI=1S/C26H34N4O6S/c1-5-34-22-13-18(12-20-15-29-26(28)30-25(20)27)14-23(36-37(31,32)16-17(2)3)24(22)19-6-8-21(9-7-19)35-11-10-33-4/h6-9,13-15,17H,5,10-12,16H2,1-4H3,(H4,27,28,29,30). The highest BCUT2D eigenvalue weighted by molar-refractivity contribution is 7.87. The van der Waals surface area contributed by atoms with E-state index >= 15 is 0 Å². The molecule has 0 bridgehead atoms. The van der Waals surface area contributed by atoms with Gasteiger partial charge in [0.1, 0.15) is 23.9 Å². The van der Waals surface area contributed by atoms with E-state index in [-0.39, 0.29) is 29.2 Å². The van der Waals surface area contributed by atoms with Crippen LogP contribution in [0.2, 0.25) is 0 Å². The van der Waals surface area contributed by atoms with E-state index < -0.39 is 10.1 Å². The topological polar surface area (TPSA) is 149 Å². The number of nitrogen functional groups attached to an aromatic ring is 2. The van der Waals surface area contributed by atoms with Crippen molar-refractivity contribution in [2.45, 2.75) is 27.2 Å². The quantitative estimate of drug-likeness (QED) is 0.247. The average Bonchev–Trinajstić information content (AvgIpc) is 2.81. The summed E-state index contributed by atoms with van der Waals surface area (Å²) >= 11 is 0. The van der Waals surface area contributed by atoms with Gasteiger partial charge in [-0.3, -0.25) is 0 Å². The Balaban J connectivity index is 2.09. The maximum Gasteiger partial charge on any atom is 0.309 e. The summed E-state index contributed by atoms with van der Waals surface area (Å²) in [6.45, 7) is 6.72. The number of ether oxygens (including phenoxy) is 3. The lowest BCUT2D eigenvalue weighted by molar-refractivity contribution is 0.146. The van der Waals surface area contributed by atoms with Gasteiger partial charge in [0.2, 0.25) is 5.95 Å². The highest BCUT2D eigenvalue weighted by Crippen LogP contribution is 2.42. The van der Waals surface area contributed by atoms with E-state index in [1.54, 1.807) is 31.5 Å². The average molecular weight is 531 g/mol. The Morgan fingerprint density at radius 3 is 2.32 bits per heavy atom. The van der Waals surface area contributed by atoms with Gasteiger partial charge in [0.25, 0.3) is 0 Å². The summed E-state index contributed by atoms with van der Waals surface area (Å²) in [7, 11) is -2.28. The van der Waals surface area contributed by atoms with Crippen LogP contribution in [0.4, 0.5) is 11.8 Å². The molecule has 1 aromatic heterocycles. The second kappa shape index (κ2) is 12.6. The van der Waals surface area contributed by atoms with E-state index in [2.05, 4.69) is 9.97 Å². The summed E-state index contributed by atoms with van der Waals surface area (Å²) in [5, 5.41) is 0. The van der Waals surface area contributed by atoms with Crippen LogP contribution in [0.25, 0.3) is 11.1 Å². The van der Waals surface area contributed by atoms with Crippen LogP contribution in [0.3, 0.4) is 0 Å². The van der Waals surface area contributed by atoms with Gasteiger partial charge in [0.05, 0.1) is 24.5 Å². The Morgan fingerprint density at radius 1 is 1.00 bits per heavy atom. The van der Waals surface area contributed by atoms with Crippen molar-refractivity contribution in [3.63, 3.8) is 0 Å². The second-order valence-corrected chi connectivity index (χ2v) is 10.4. The number of nitrogens with zero attached hydrogens (tertiary/aromatic N) is 2. The first kappa shape index (κ1) is 28.0. The molecule has 0 aliphatic heterocycles. The first-order valence-corrected chi connectivity index (χ1v) is 13.5. The van der Waals surface area contributed by atoms with Crippen molar-refractivity contribution >= 4 is 21.9 Å². The van der Waals surface area contributed by atoms with Gasteiger partial charge in [-0.1, -0.05) is 26.0 Å². The Hall–Kier alpha value is -3.57. The summed E-state index contributed by atoms with van der Waals surface area (Å²) < 4.78 is 48.1. The molecule has 0 unspecified atom stereocenters. The zero-order chi connectivity index (χ0) is 27.0. The minimum Gasteiger partial charge on any atom is -0.493 e. The highest BCUT2D eigenvalue weighted by atomic mass is 32.2. The predicted octanol–water partition coefficient (Wildman–Crippen LogP) is 3.69. The minimum atomic E-state index is -3.88. The highest BCUT2D eigenvalue weighted by Gasteiger charge is 2.23. The van der Waals surface area contributed by atoms with Crippen LogP contribution in [0, 0.1) is 5.92 Å². The molecule has 0 saturated heterocycles. The van der Waals surface area contributed by atoms with Gasteiger partial charge >= 0.3 is 10.1 Å². The smallest absolute Gasteiger partial charge is 0.309 e. The number of hydrogen-bond acceptors (Lipinski definition) is 10. The zero-order valence-electron chi connectivity index (χ0n) is 21.6. The summed E-state index contributed by atoms with van der Waals surface area (Å²) in [6, 6.07) is 10.8. The van der Waals surface area contributed by atoms with E-state index in [4.69, 9.17) is 29.9 Å². The van der Waals surface area contributed by atoms with Crippen molar-refractivity contribution in [3.05, 3.63) is 53.7 Å². The molecular formula is C26H34N4O6S. The van der Waals surface area contributed by atoms with Crippen molar-refractivity contribution in [1.82, 2.24) is 9.97 Å². The maximum absolute atomic E-state index is 12.9. The van der Waals surface area contributed by atoms with Gasteiger partial charge < -0.3 is 29.9 Å². The first-order chi connectivity index (χ1) is 17.6. The molecule has 1 heterocycles. The Kier molecular flexibility index (Phi) is 9.54. The van der Waals surface area contributed by atoms with Gasteiger partial charge in [0, 0.05) is 25.3 Å². The summed E-state index contributed by atoms with van der Waals surface area (Å²) in [6.07, 6.45) is 1.86. The second-order valence-electron chi connectivity index (χ2n) is 8.78. The van der Waals surface area contributed by atoms with Gasteiger partial charge in [-0.25, -0.2) is 4.98 Å². The van der Waals surface area contributed by atoms with E-state index in [0.29, 0.717) is 60.0 Å². The molecule has 4 N–H and O–H groups in total. The van der Waals surface area contributed by atoms with Crippen LogP contribution >= 0.6 is 0 Å². The Morgan fingerprint density at radius 2 is 1.70 bits per heavy atom. The third-order valence-electron chi connectivity index (χ3n) is 5.19. The molecule has 0 aliphatic rings. The molecule has 0 aliphatic carbocycles. The van der Waals surface area contributed by atoms with E-state index in [1.807, 2.05) is 39.0 Å². The fourth-order valence-electron chi connectivity index (χ4n) is 3.70. The fraction of sp³-hybridized carbons (Fsp3) is 0.385. The summed E-state index contributed by atoms with van der Waals surface area (Å²) in [5.74, 6) is 1.36. The summed E-state index contributed by atoms with van der Waals surface area (Å²) in [5.41, 5.74) is 14.2. The Bertz CT molecular complexity index is 1300. The van der Waals surface area contributed by atoms with Crippen LogP contribution in [0.5, 0.6) is 17.2 Å². The molecule has 37 heavy (non-hydrogen) atoms. The zero-order valence-corrected chi connectivity index (χ0v) is 22.4. The number of rotatable bonds is 13. The van der Waals surface area contributed by atoms with Gasteiger partial charge in [0.15, 0.2) is 5.75 Å². The van der Waals surface area contributed by atoms with Crippen molar-refractivity contribution in [1.29, 1.82) is 0 Å². The van der Waals surface area contributed by atoms with Crippen molar-refractivity contribution in [3.8, 4) is 28.4 Å². The molecule has 10 nitrogen and oxygen atoms in total. The van der Waals surface area contributed by atoms with Gasteiger partial charge in [-0.2, -0.15) is 13.4 Å². The lowest BCUT2D eigenvalue weighted by Crippen LogP contribution is -2.18. The molecule has 0 spiro atoms. The molecule has 0 amide bonds. The normalized spacial score (nSPS) is 11.5. The van der Waals surface area contributed by atoms with Crippen LogP contribution in [-0.2, 0) is 21.3 Å². The minimum absolute atomic E-state index is 0.0741. The molecule has 0 fully saturated rings.